The van der Waals surface area contributed by atoms with E-state index in [2.05, 4.69) is 77.7 Å². The molecule has 1 atom stereocenters. The second-order valence-corrected chi connectivity index (χ2v) is 7.69. The van der Waals surface area contributed by atoms with Crippen LogP contribution in [-0.2, 0) is 0 Å². The Morgan fingerprint density at radius 1 is 0.933 bits per heavy atom. The summed E-state index contributed by atoms with van der Waals surface area (Å²) in [5.74, 6) is 1.59. The van der Waals surface area contributed by atoms with Crippen LogP contribution >= 0.6 is 0 Å². The maximum Gasteiger partial charge on any atom is 0.129 e. The molecule has 3 heterocycles. The Morgan fingerprint density at radius 2 is 1.73 bits per heavy atom. The Bertz CT molecular complexity index is 1190. The van der Waals surface area contributed by atoms with Crippen LogP contribution < -0.4 is 4.74 Å². The van der Waals surface area contributed by atoms with Crippen molar-refractivity contribution >= 4 is 5.70 Å². The number of aromatic nitrogens is 2. The Hall–Kier alpha value is -3.73. The van der Waals surface area contributed by atoms with Crippen molar-refractivity contribution in [3.63, 3.8) is 0 Å². The van der Waals surface area contributed by atoms with E-state index in [1.54, 1.807) is 0 Å². The van der Waals surface area contributed by atoms with Crippen molar-refractivity contribution in [2.75, 3.05) is 7.05 Å². The zero-order chi connectivity index (χ0) is 20.7. The van der Waals surface area contributed by atoms with Gasteiger partial charge in [0.05, 0.1) is 17.1 Å². The molecule has 0 spiro atoms. The lowest BCUT2D eigenvalue weighted by Crippen LogP contribution is -2.33. The first-order chi connectivity index (χ1) is 14.6. The van der Waals surface area contributed by atoms with Gasteiger partial charge in [-0.15, -0.1) is 0 Å². The molecule has 2 aliphatic rings. The van der Waals surface area contributed by atoms with E-state index < -0.39 is 0 Å². The van der Waals surface area contributed by atoms with Gasteiger partial charge < -0.3 is 14.5 Å². The molecular formula is C25H24N4O. The largest absolute Gasteiger partial charge is 0.457 e. The highest BCUT2D eigenvalue weighted by atomic mass is 16.5. The summed E-state index contributed by atoms with van der Waals surface area (Å²) in [7, 11) is 2.10. The lowest BCUT2D eigenvalue weighted by molar-refractivity contribution is 0.282. The number of rotatable bonds is 4. The first kappa shape index (κ1) is 18.3. The van der Waals surface area contributed by atoms with E-state index in [4.69, 9.17) is 4.74 Å². The van der Waals surface area contributed by atoms with Gasteiger partial charge in [0.1, 0.15) is 17.7 Å². The molecular weight excluding hydrogens is 372 g/mol. The molecule has 0 saturated carbocycles. The molecule has 2 aromatic carbocycles. The predicted octanol–water partition coefficient (Wildman–Crippen LogP) is 5.24. The Labute approximate surface area is 176 Å². The van der Waals surface area contributed by atoms with E-state index in [1.165, 1.54) is 0 Å². The first-order valence-electron chi connectivity index (χ1n) is 10.1. The van der Waals surface area contributed by atoms with Gasteiger partial charge in [0.25, 0.3) is 0 Å². The number of fused-ring (bicyclic) bond motifs is 1. The number of nitrogens with zero attached hydrogens (tertiary/aromatic N) is 4. The van der Waals surface area contributed by atoms with Crippen LogP contribution in [0.5, 0.6) is 11.5 Å². The van der Waals surface area contributed by atoms with Gasteiger partial charge in [0.2, 0.25) is 0 Å². The van der Waals surface area contributed by atoms with Crippen molar-refractivity contribution in [2.24, 2.45) is 0 Å². The number of likely N-dealkylation sites (N-methyl/N-ethyl adjacent to an activating group) is 1. The van der Waals surface area contributed by atoms with Crippen molar-refractivity contribution < 1.29 is 4.74 Å². The minimum Gasteiger partial charge on any atom is -0.457 e. The summed E-state index contributed by atoms with van der Waals surface area (Å²) in [4.78, 5) is 4.48. The molecule has 0 aliphatic carbocycles. The van der Waals surface area contributed by atoms with Gasteiger partial charge in [-0.05, 0) is 56.3 Å². The normalized spacial score (nSPS) is 17.3. The molecule has 5 rings (SSSR count). The van der Waals surface area contributed by atoms with E-state index in [1.807, 2.05) is 48.0 Å². The van der Waals surface area contributed by atoms with E-state index in [9.17, 15) is 0 Å². The summed E-state index contributed by atoms with van der Waals surface area (Å²) >= 11 is 0. The molecule has 1 unspecified atom stereocenters. The van der Waals surface area contributed by atoms with Crippen LogP contribution in [0.3, 0.4) is 0 Å². The Balaban J connectivity index is 1.42. The first-order valence-corrected chi connectivity index (χ1v) is 10.1. The third-order valence-electron chi connectivity index (χ3n) is 5.38. The third kappa shape index (κ3) is 3.28. The van der Waals surface area contributed by atoms with Gasteiger partial charge >= 0.3 is 0 Å². The lowest BCUT2D eigenvalue weighted by atomic mass is 10.1. The second-order valence-electron chi connectivity index (χ2n) is 7.69. The molecule has 5 heteroatoms. The number of ether oxygens (including phenoxy) is 1. The van der Waals surface area contributed by atoms with Gasteiger partial charge in [0.15, 0.2) is 0 Å². The number of benzene rings is 2. The zero-order valence-corrected chi connectivity index (χ0v) is 17.4. The van der Waals surface area contributed by atoms with Gasteiger partial charge in [-0.25, -0.2) is 4.68 Å². The number of hydrogen-bond acceptors (Lipinski definition) is 4. The van der Waals surface area contributed by atoms with Crippen LogP contribution in [0.1, 0.15) is 17.0 Å². The third-order valence-corrected chi connectivity index (χ3v) is 5.38. The summed E-state index contributed by atoms with van der Waals surface area (Å²) < 4.78 is 8.16. The molecule has 5 nitrogen and oxygen atoms in total. The van der Waals surface area contributed by atoms with Crippen LogP contribution in [0.4, 0.5) is 0 Å². The van der Waals surface area contributed by atoms with Gasteiger partial charge in [-0.2, -0.15) is 5.10 Å². The highest BCUT2D eigenvalue weighted by molar-refractivity contribution is 5.68. The fraction of sp³-hybridized carbons (Fsp3) is 0.160. The average molecular weight is 396 g/mol. The lowest BCUT2D eigenvalue weighted by Gasteiger charge is -2.29. The monoisotopic (exact) mass is 396 g/mol. The molecule has 0 fully saturated rings. The van der Waals surface area contributed by atoms with Crippen LogP contribution in [-0.4, -0.2) is 32.8 Å². The second kappa shape index (κ2) is 7.26. The SMILES string of the molecule is Cc1cc(C)n(-c2cccc(Oc3cccc(C4=CN(C)C5C=CC=CN45)c3)c2)n1. The van der Waals surface area contributed by atoms with Gasteiger partial charge in [0, 0.05) is 36.8 Å². The molecule has 0 amide bonds. The summed E-state index contributed by atoms with van der Waals surface area (Å²) in [6.07, 6.45) is 10.9. The summed E-state index contributed by atoms with van der Waals surface area (Å²) in [5.41, 5.74) is 5.37. The zero-order valence-electron chi connectivity index (χ0n) is 17.4. The van der Waals surface area contributed by atoms with E-state index in [0.29, 0.717) is 0 Å². The molecule has 3 aromatic rings. The van der Waals surface area contributed by atoms with Crippen LogP contribution in [0, 0.1) is 13.8 Å². The molecule has 0 radical (unpaired) electrons. The predicted molar refractivity (Wildman–Crippen MR) is 119 cm³/mol. The molecule has 1 aromatic heterocycles. The summed E-state index contributed by atoms with van der Waals surface area (Å²) in [6.45, 7) is 4.06. The summed E-state index contributed by atoms with van der Waals surface area (Å²) in [5, 5.41) is 4.57. The number of allylic oxidation sites excluding steroid dienone is 2. The Morgan fingerprint density at radius 3 is 2.53 bits per heavy atom. The number of aryl methyl sites for hydroxylation is 2. The fourth-order valence-electron chi connectivity index (χ4n) is 4.03. The highest BCUT2D eigenvalue weighted by Gasteiger charge is 2.28. The average Bonchev–Trinajstić information content (AvgIpc) is 3.27. The topological polar surface area (TPSA) is 33.5 Å². The fourth-order valence-corrected chi connectivity index (χ4v) is 4.03. The van der Waals surface area contributed by atoms with Crippen molar-refractivity contribution in [3.05, 3.63) is 102 Å². The van der Waals surface area contributed by atoms with Crippen molar-refractivity contribution in [2.45, 2.75) is 20.0 Å². The summed E-state index contributed by atoms with van der Waals surface area (Å²) in [6, 6.07) is 18.3. The van der Waals surface area contributed by atoms with Crippen molar-refractivity contribution in [3.8, 4) is 17.2 Å². The van der Waals surface area contributed by atoms with E-state index in [0.717, 1.165) is 39.8 Å². The van der Waals surface area contributed by atoms with Crippen LogP contribution in [0.25, 0.3) is 11.4 Å². The van der Waals surface area contributed by atoms with E-state index in [-0.39, 0.29) is 6.17 Å². The smallest absolute Gasteiger partial charge is 0.129 e. The van der Waals surface area contributed by atoms with E-state index >= 15 is 0 Å². The van der Waals surface area contributed by atoms with Crippen molar-refractivity contribution in [1.29, 1.82) is 0 Å². The molecule has 0 N–H and O–H groups in total. The maximum atomic E-state index is 6.22. The molecule has 2 aliphatic heterocycles. The van der Waals surface area contributed by atoms with Crippen LogP contribution in [0.15, 0.2) is 85.2 Å². The van der Waals surface area contributed by atoms with Gasteiger partial charge in [-0.1, -0.05) is 24.3 Å². The maximum absolute atomic E-state index is 6.22. The quantitative estimate of drug-likeness (QED) is 0.604. The van der Waals surface area contributed by atoms with Crippen molar-refractivity contribution in [1.82, 2.24) is 19.6 Å². The van der Waals surface area contributed by atoms with Gasteiger partial charge in [-0.3, -0.25) is 0 Å². The number of hydrogen-bond donors (Lipinski definition) is 0. The minimum atomic E-state index is 0.229. The van der Waals surface area contributed by atoms with Crippen LogP contribution in [0.2, 0.25) is 0 Å². The standard InChI is InChI=1S/C25H24N4O/c1-18-14-19(2)29(26-18)21-9-7-11-23(16-21)30-22-10-6-8-20(15-22)24-17-27(3)25-12-4-5-13-28(24)25/h4-17,25H,1-3H3. The Kier molecular flexibility index (Phi) is 4.43. The minimum absolute atomic E-state index is 0.229. The molecule has 0 bridgehead atoms. The molecule has 150 valence electrons. The molecule has 30 heavy (non-hydrogen) atoms. The molecule has 0 saturated heterocycles. The highest BCUT2D eigenvalue weighted by Crippen LogP contribution is 2.34.